The zero-order chi connectivity index (χ0) is 15.7. The summed E-state index contributed by atoms with van der Waals surface area (Å²) in [6.07, 6.45) is 5.66. The quantitative estimate of drug-likeness (QED) is 0.737. The van der Waals surface area contributed by atoms with Crippen molar-refractivity contribution in [1.29, 1.82) is 0 Å². The van der Waals surface area contributed by atoms with Crippen LogP contribution in [0.4, 0.5) is 4.39 Å². The first-order chi connectivity index (χ1) is 10.4. The number of carbonyl (C=O) groups excluding carboxylic acids is 1. The molecule has 0 spiro atoms. The Balaban J connectivity index is 1.67. The lowest BCUT2D eigenvalue weighted by Gasteiger charge is -2.60. The number of alkyl halides is 1. The third kappa shape index (κ3) is 1.78. The molecule has 0 saturated heterocycles. The predicted octanol–water partition coefficient (Wildman–Crippen LogP) is 3.91. The van der Waals surface area contributed by atoms with Gasteiger partial charge in [-0.2, -0.15) is 0 Å². The number of rotatable bonds is 0. The minimum absolute atomic E-state index is 0.121. The molecule has 4 aliphatic carbocycles. The summed E-state index contributed by atoms with van der Waals surface area (Å²) in [5.41, 5.74) is -0.389. The smallest absolute Gasteiger partial charge is 0.139 e. The number of carbonyl (C=O) groups is 1. The van der Waals surface area contributed by atoms with Crippen molar-refractivity contribution in [3.8, 4) is 0 Å². The zero-order valence-corrected chi connectivity index (χ0v) is 13.9. The fourth-order valence-corrected chi connectivity index (χ4v) is 7.02. The van der Waals surface area contributed by atoms with E-state index in [0.29, 0.717) is 35.9 Å². The number of halogens is 1. The van der Waals surface area contributed by atoms with Crippen LogP contribution in [-0.2, 0) is 4.79 Å². The highest BCUT2D eigenvalue weighted by molar-refractivity contribution is 5.87. The van der Waals surface area contributed by atoms with Crippen molar-refractivity contribution in [3.05, 3.63) is 0 Å². The lowest BCUT2D eigenvalue weighted by molar-refractivity contribution is -0.161. The average molecular weight is 308 g/mol. The van der Waals surface area contributed by atoms with Crippen LogP contribution in [0, 0.1) is 34.5 Å². The Labute approximate surface area is 132 Å². The Morgan fingerprint density at radius 3 is 2.64 bits per heavy atom. The summed E-state index contributed by atoms with van der Waals surface area (Å²) in [7, 11) is 0. The van der Waals surface area contributed by atoms with Crippen LogP contribution in [0.25, 0.3) is 0 Å². The number of aliphatic hydroxyl groups excluding tert-OH is 1. The molecule has 0 radical (unpaired) electrons. The molecule has 1 N–H and O–H groups in total. The van der Waals surface area contributed by atoms with Crippen molar-refractivity contribution in [3.63, 3.8) is 0 Å². The monoisotopic (exact) mass is 308 g/mol. The molecule has 22 heavy (non-hydrogen) atoms. The molecule has 8 atom stereocenters. The van der Waals surface area contributed by atoms with E-state index in [0.717, 1.165) is 44.9 Å². The van der Waals surface area contributed by atoms with Gasteiger partial charge in [0.15, 0.2) is 0 Å². The maximum atomic E-state index is 15.0. The molecule has 1 unspecified atom stereocenters. The third-order valence-corrected chi connectivity index (χ3v) is 8.38. The van der Waals surface area contributed by atoms with Crippen LogP contribution < -0.4 is 0 Å². The van der Waals surface area contributed by atoms with Gasteiger partial charge in [-0.1, -0.05) is 13.8 Å². The Kier molecular flexibility index (Phi) is 3.28. The summed E-state index contributed by atoms with van der Waals surface area (Å²) in [5, 5.41) is 9.97. The molecular weight excluding hydrogens is 279 g/mol. The van der Waals surface area contributed by atoms with E-state index in [9.17, 15) is 9.90 Å². The highest BCUT2D eigenvalue weighted by Gasteiger charge is 2.62. The fraction of sp³-hybridized carbons (Fsp3) is 0.947. The van der Waals surface area contributed by atoms with Crippen LogP contribution >= 0.6 is 0 Å². The molecule has 4 fully saturated rings. The number of fused-ring (bicyclic) bond motifs is 5. The molecule has 0 heterocycles. The van der Waals surface area contributed by atoms with Crippen molar-refractivity contribution in [2.75, 3.05) is 0 Å². The lowest BCUT2D eigenvalue weighted by Crippen LogP contribution is -2.58. The van der Waals surface area contributed by atoms with Gasteiger partial charge in [-0.3, -0.25) is 4.79 Å². The van der Waals surface area contributed by atoms with E-state index in [1.807, 2.05) is 0 Å². The summed E-state index contributed by atoms with van der Waals surface area (Å²) < 4.78 is 15.0. The number of hydrogen-bond acceptors (Lipinski definition) is 2. The Morgan fingerprint density at radius 1 is 1.09 bits per heavy atom. The highest BCUT2D eigenvalue weighted by atomic mass is 19.1. The molecule has 0 aromatic heterocycles. The zero-order valence-electron chi connectivity index (χ0n) is 13.9. The first-order valence-electron chi connectivity index (χ1n) is 9.23. The van der Waals surface area contributed by atoms with Gasteiger partial charge < -0.3 is 5.11 Å². The van der Waals surface area contributed by atoms with Crippen LogP contribution in [0.3, 0.4) is 0 Å². The van der Waals surface area contributed by atoms with Crippen LogP contribution in [0.15, 0.2) is 0 Å². The summed E-state index contributed by atoms with van der Waals surface area (Å²) in [5.74, 6) is 2.21. The first-order valence-corrected chi connectivity index (χ1v) is 9.23. The van der Waals surface area contributed by atoms with Crippen molar-refractivity contribution in [2.24, 2.45) is 34.5 Å². The fourth-order valence-electron chi connectivity index (χ4n) is 7.02. The first kappa shape index (κ1) is 15.1. The SMILES string of the molecule is C[C@]12C(F)C[C@H](O)C[C@@H]1CC[C@@H]1[C@@H]2CC[C@]2(C)C(=O)CC[C@@H]12. The van der Waals surface area contributed by atoms with E-state index >= 15 is 4.39 Å². The number of hydrogen-bond donors (Lipinski definition) is 1. The van der Waals surface area contributed by atoms with Crippen molar-refractivity contribution >= 4 is 5.78 Å². The van der Waals surface area contributed by atoms with E-state index in [-0.39, 0.29) is 10.8 Å². The predicted molar refractivity (Wildman–Crippen MR) is 83.0 cm³/mol. The van der Waals surface area contributed by atoms with E-state index in [2.05, 4.69) is 13.8 Å². The van der Waals surface area contributed by atoms with Crippen molar-refractivity contribution in [1.82, 2.24) is 0 Å². The van der Waals surface area contributed by atoms with Crippen LogP contribution in [0.5, 0.6) is 0 Å². The molecule has 0 aromatic carbocycles. The van der Waals surface area contributed by atoms with Gasteiger partial charge in [-0.25, -0.2) is 4.39 Å². The Hall–Kier alpha value is -0.440. The summed E-state index contributed by atoms with van der Waals surface area (Å²) >= 11 is 0. The summed E-state index contributed by atoms with van der Waals surface area (Å²) in [6.45, 7) is 4.33. The van der Waals surface area contributed by atoms with Gasteiger partial charge in [0.25, 0.3) is 0 Å². The Morgan fingerprint density at radius 2 is 1.86 bits per heavy atom. The molecule has 4 rings (SSSR count). The van der Waals surface area contributed by atoms with Crippen molar-refractivity contribution in [2.45, 2.75) is 77.5 Å². The minimum atomic E-state index is -0.879. The molecule has 3 heteroatoms. The molecule has 124 valence electrons. The largest absolute Gasteiger partial charge is 0.393 e. The second-order valence-corrected chi connectivity index (χ2v) is 9.03. The third-order valence-electron chi connectivity index (χ3n) is 8.38. The molecule has 0 aromatic rings. The van der Waals surface area contributed by atoms with E-state index in [1.165, 1.54) is 0 Å². The molecule has 0 bridgehead atoms. The topological polar surface area (TPSA) is 37.3 Å². The van der Waals surface area contributed by atoms with Crippen molar-refractivity contribution < 1.29 is 14.3 Å². The molecular formula is C19H29FO2. The highest BCUT2D eigenvalue weighted by Crippen LogP contribution is 2.65. The second kappa shape index (κ2) is 4.78. The molecule has 4 aliphatic rings. The standard InChI is InChI=1S/C19H29FO2/c1-18-8-7-15-13(14(18)5-6-17(18)22)4-3-11-9-12(21)10-16(20)19(11,15)2/h11-16,21H,3-10H2,1-2H3/t11-,12+,13-,14-,15-,16?,18-,19-/m0/s1. The van der Waals surface area contributed by atoms with Gasteiger partial charge in [-0.05, 0) is 62.2 Å². The maximum Gasteiger partial charge on any atom is 0.139 e. The maximum absolute atomic E-state index is 15.0. The molecule has 0 amide bonds. The lowest BCUT2D eigenvalue weighted by atomic mass is 9.44. The molecule has 0 aliphatic heterocycles. The summed E-state index contributed by atoms with van der Waals surface area (Å²) in [4.78, 5) is 12.4. The average Bonchev–Trinajstić information content (AvgIpc) is 2.77. The van der Waals surface area contributed by atoms with E-state index < -0.39 is 12.3 Å². The van der Waals surface area contributed by atoms with Crippen LogP contribution in [0.1, 0.15) is 65.2 Å². The number of ketones is 1. The number of Topliss-reactive ketones (excluding diaryl/α,β-unsaturated/α-hetero) is 1. The van der Waals surface area contributed by atoms with Gasteiger partial charge in [0.2, 0.25) is 0 Å². The van der Waals surface area contributed by atoms with Gasteiger partial charge >= 0.3 is 0 Å². The van der Waals surface area contributed by atoms with Crippen LogP contribution in [-0.4, -0.2) is 23.2 Å². The molecule has 2 nitrogen and oxygen atoms in total. The van der Waals surface area contributed by atoms with E-state index in [4.69, 9.17) is 0 Å². The Bertz CT molecular complexity index is 492. The minimum Gasteiger partial charge on any atom is -0.393 e. The second-order valence-electron chi connectivity index (χ2n) is 9.03. The van der Waals surface area contributed by atoms with E-state index in [1.54, 1.807) is 0 Å². The normalized spacial score (nSPS) is 57.9. The van der Waals surface area contributed by atoms with Gasteiger partial charge in [-0.15, -0.1) is 0 Å². The van der Waals surface area contributed by atoms with Gasteiger partial charge in [0.1, 0.15) is 12.0 Å². The number of aliphatic hydroxyl groups is 1. The van der Waals surface area contributed by atoms with Crippen LogP contribution in [0.2, 0.25) is 0 Å². The molecule has 4 saturated carbocycles. The van der Waals surface area contributed by atoms with Gasteiger partial charge in [0, 0.05) is 23.7 Å². The van der Waals surface area contributed by atoms with Gasteiger partial charge in [0.05, 0.1) is 6.10 Å². The summed E-state index contributed by atoms with van der Waals surface area (Å²) in [6, 6.07) is 0.